The maximum absolute atomic E-state index is 11.7. The van der Waals surface area contributed by atoms with E-state index in [1.165, 1.54) is 0 Å². The third-order valence-corrected chi connectivity index (χ3v) is 2.82. The van der Waals surface area contributed by atoms with E-state index in [0.29, 0.717) is 19.4 Å². The summed E-state index contributed by atoms with van der Waals surface area (Å²) in [4.78, 5) is 23.1. The second-order valence-electron chi connectivity index (χ2n) is 4.39. The van der Waals surface area contributed by atoms with Crippen LogP contribution in [0.3, 0.4) is 0 Å². The minimum Gasteiger partial charge on any atom is -0.497 e. The van der Waals surface area contributed by atoms with Gasteiger partial charge in [-0.25, -0.2) is 4.79 Å². The van der Waals surface area contributed by atoms with Crippen LogP contribution in [0.1, 0.15) is 25.8 Å². The summed E-state index contributed by atoms with van der Waals surface area (Å²) in [5.74, 6) is 0.209. The van der Waals surface area contributed by atoms with E-state index in [2.05, 4.69) is 5.32 Å². The van der Waals surface area contributed by atoms with Crippen molar-refractivity contribution in [3.63, 3.8) is 0 Å². The van der Waals surface area contributed by atoms with Gasteiger partial charge >= 0.3 is 5.97 Å². The van der Waals surface area contributed by atoms with Gasteiger partial charge in [-0.05, 0) is 38.0 Å². The highest BCUT2D eigenvalue weighted by Gasteiger charge is 2.16. The standard InChI is InChI=1S/C15H21NO4/c1-4-20-15(18)11(2)16-14(17)10-7-12-5-8-13(19-3)9-6-12/h5-6,8-9,11H,4,7,10H2,1-3H3,(H,16,17)/t11-/m1/s1. The number of nitrogens with one attached hydrogen (secondary N) is 1. The van der Waals surface area contributed by atoms with Crippen molar-refractivity contribution in [1.29, 1.82) is 0 Å². The number of rotatable bonds is 7. The zero-order valence-corrected chi connectivity index (χ0v) is 12.1. The van der Waals surface area contributed by atoms with Crippen molar-refractivity contribution in [1.82, 2.24) is 5.32 Å². The summed E-state index contributed by atoms with van der Waals surface area (Å²) in [6.07, 6.45) is 0.946. The number of hydrogen-bond acceptors (Lipinski definition) is 4. The lowest BCUT2D eigenvalue weighted by Crippen LogP contribution is -2.39. The van der Waals surface area contributed by atoms with Gasteiger partial charge in [-0.1, -0.05) is 12.1 Å². The van der Waals surface area contributed by atoms with Crippen LogP contribution in [0, 0.1) is 0 Å². The molecule has 0 bridgehead atoms. The highest BCUT2D eigenvalue weighted by atomic mass is 16.5. The highest BCUT2D eigenvalue weighted by Crippen LogP contribution is 2.12. The van der Waals surface area contributed by atoms with Crippen LogP contribution in [-0.2, 0) is 20.7 Å². The van der Waals surface area contributed by atoms with Gasteiger partial charge in [0, 0.05) is 6.42 Å². The molecule has 0 aliphatic heterocycles. The summed E-state index contributed by atoms with van der Waals surface area (Å²) in [5, 5.41) is 2.62. The maximum Gasteiger partial charge on any atom is 0.328 e. The number of esters is 1. The number of ether oxygens (including phenoxy) is 2. The normalized spacial score (nSPS) is 11.6. The molecular weight excluding hydrogens is 258 g/mol. The molecule has 1 N–H and O–H groups in total. The first-order chi connectivity index (χ1) is 9.56. The lowest BCUT2D eigenvalue weighted by molar-refractivity contribution is -0.146. The first kappa shape index (κ1) is 16.0. The molecule has 1 atom stereocenters. The molecule has 5 heteroatoms. The van der Waals surface area contributed by atoms with Crippen LogP contribution in [0.25, 0.3) is 0 Å². The van der Waals surface area contributed by atoms with E-state index in [1.54, 1.807) is 21.0 Å². The Morgan fingerprint density at radius 3 is 2.45 bits per heavy atom. The Morgan fingerprint density at radius 1 is 1.25 bits per heavy atom. The Bertz CT molecular complexity index is 442. The van der Waals surface area contributed by atoms with Crippen molar-refractivity contribution in [2.24, 2.45) is 0 Å². The Kier molecular flexibility index (Phi) is 6.56. The molecular formula is C15H21NO4. The van der Waals surface area contributed by atoms with E-state index >= 15 is 0 Å². The molecule has 20 heavy (non-hydrogen) atoms. The largest absolute Gasteiger partial charge is 0.497 e. The molecule has 0 saturated carbocycles. The van der Waals surface area contributed by atoms with Crippen LogP contribution in [0.15, 0.2) is 24.3 Å². The van der Waals surface area contributed by atoms with Crippen molar-refractivity contribution in [3.05, 3.63) is 29.8 Å². The van der Waals surface area contributed by atoms with Gasteiger partial charge in [-0.2, -0.15) is 0 Å². The first-order valence-corrected chi connectivity index (χ1v) is 6.65. The Balaban J connectivity index is 2.37. The van der Waals surface area contributed by atoms with Gasteiger partial charge in [0.05, 0.1) is 13.7 Å². The molecule has 0 saturated heterocycles. The third-order valence-electron chi connectivity index (χ3n) is 2.82. The molecule has 1 aromatic carbocycles. The molecule has 0 aliphatic rings. The Hall–Kier alpha value is -2.04. The van der Waals surface area contributed by atoms with Crippen LogP contribution in [0.4, 0.5) is 0 Å². The van der Waals surface area contributed by atoms with E-state index in [1.807, 2.05) is 24.3 Å². The fourth-order valence-corrected chi connectivity index (χ4v) is 1.69. The summed E-state index contributed by atoms with van der Waals surface area (Å²) in [5.41, 5.74) is 1.05. The minimum absolute atomic E-state index is 0.165. The number of carbonyl (C=O) groups excluding carboxylic acids is 2. The van der Waals surface area contributed by atoms with Crippen LogP contribution in [0.5, 0.6) is 5.75 Å². The van der Waals surface area contributed by atoms with E-state index in [0.717, 1.165) is 11.3 Å². The number of aryl methyl sites for hydroxylation is 1. The van der Waals surface area contributed by atoms with Gasteiger partial charge in [0.2, 0.25) is 5.91 Å². The Labute approximate surface area is 119 Å². The number of methoxy groups -OCH3 is 1. The molecule has 1 aromatic rings. The van der Waals surface area contributed by atoms with Crippen LogP contribution in [0.2, 0.25) is 0 Å². The summed E-state index contributed by atoms with van der Waals surface area (Å²) in [6.45, 7) is 3.66. The van der Waals surface area contributed by atoms with Crippen LogP contribution < -0.4 is 10.1 Å². The van der Waals surface area contributed by atoms with E-state index in [9.17, 15) is 9.59 Å². The van der Waals surface area contributed by atoms with Crippen molar-refractivity contribution in [2.75, 3.05) is 13.7 Å². The quantitative estimate of drug-likeness (QED) is 0.771. The van der Waals surface area contributed by atoms with Gasteiger partial charge in [0.15, 0.2) is 0 Å². The van der Waals surface area contributed by atoms with Crippen molar-refractivity contribution in [2.45, 2.75) is 32.7 Å². The molecule has 110 valence electrons. The molecule has 0 unspecified atom stereocenters. The predicted octanol–water partition coefficient (Wildman–Crippen LogP) is 1.70. The van der Waals surface area contributed by atoms with Gasteiger partial charge in [0.1, 0.15) is 11.8 Å². The fraction of sp³-hybridized carbons (Fsp3) is 0.467. The fourth-order valence-electron chi connectivity index (χ4n) is 1.69. The molecule has 0 aromatic heterocycles. The number of benzene rings is 1. The SMILES string of the molecule is CCOC(=O)[C@@H](C)NC(=O)CCc1ccc(OC)cc1. The Morgan fingerprint density at radius 2 is 1.90 bits per heavy atom. The van der Waals surface area contributed by atoms with E-state index < -0.39 is 12.0 Å². The minimum atomic E-state index is -0.613. The van der Waals surface area contributed by atoms with E-state index in [4.69, 9.17) is 9.47 Å². The molecule has 0 aliphatic carbocycles. The molecule has 0 fully saturated rings. The summed E-state index contributed by atoms with van der Waals surface area (Å²) < 4.78 is 9.89. The average molecular weight is 279 g/mol. The van der Waals surface area contributed by atoms with Crippen molar-refractivity contribution in [3.8, 4) is 5.75 Å². The van der Waals surface area contributed by atoms with Crippen molar-refractivity contribution >= 4 is 11.9 Å². The predicted molar refractivity (Wildman–Crippen MR) is 75.6 cm³/mol. The summed E-state index contributed by atoms with van der Waals surface area (Å²) >= 11 is 0. The van der Waals surface area contributed by atoms with Crippen LogP contribution >= 0.6 is 0 Å². The smallest absolute Gasteiger partial charge is 0.328 e. The molecule has 0 heterocycles. The number of hydrogen-bond donors (Lipinski definition) is 1. The average Bonchev–Trinajstić information content (AvgIpc) is 2.45. The molecule has 1 amide bonds. The second-order valence-corrected chi connectivity index (χ2v) is 4.39. The first-order valence-electron chi connectivity index (χ1n) is 6.65. The van der Waals surface area contributed by atoms with Crippen LogP contribution in [-0.4, -0.2) is 31.6 Å². The lowest BCUT2D eigenvalue weighted by atomic mass is 10.1. The molecule has 1 rings (SSSR count). The maximum atomic E-state index is 11.7. The molecule has 0 radical (unpaired) electrons. The number of amides is 1. The van der Waals surface area contributed by atoms with Gasteiger partial charge in [-0.3, -0.25) is 4.79 Å². The highest BCUT2D eigenvalue weighted by molar-refractivity contribution is 5.84. The van der Waals surface area contributed by atoms with Crippen molar-refractivity contribution < 1.29 is 19.1 Å². The zero-order valence-electron chi connectivity index (χ0n) is 12.1. The lowest BCUT2D eigenvalue weighted by Gasteiger charge is -2.12. The summed E-state index contributed by atoms with van der Waals surface area (Å²) in [7, 11) is 1.61. The van der Waals surface area contributed by atoms with E-state index in [-0.39, 0.29) is 5.91 Å². The second kappa shape index (κ2) is 8.19. The topological polar surface area (TPSA) is 64.6 Å². The van der Waals surface area contributed by atoms with Gasteiger partial charge in [-0.15, -0.1) is 0 Å². The van der Waals surface area contributed by atoms with Gasteiger partial charge in [0.25, 0.3) is 0 Å². The zero-order chi connectivity index (χ0) is 15.0. The van der Waals surface area contributed by atoms with Gasteiger partial charge < -0.3 is 14.8 Å². The monoisotopic (exact) mass is 279 g/mol. The molecule has 0 spiro atoms. The molecule has 5 nitrogen and oxygen atoms in total. The third kappa shape index (κ3) is 5.30. The number of carbonyl (C=O) groups is 2. The summed E-state index contributed by atoms with van der Waals surface area (Å²) in [6, 6.07) is 6.93.